The maximum atomic E-state index is 6.05. The summed E-state index contributed by atoms with van der Waals surface area (Å²) in [5, 5.41) is 0. The Morgan fingerprint density at radius 3 is 1.87 bits per heavy atom. The average Bonchev–Trinajstić information content (AvgIpc) is 2.47. The van der Waals surface area contributed by atoms with Gasteiger partial charge >= 0.3 is 7.12 Å². The fraction of sp³-hybridized carbons (Fsp3) is 1.00. The van der Waals surface area contributed by atoms with Crippen LogP contribution in [-0.2, 0) is 14.0 Å². The van der Waals surface area contributed by atoms with Crippen molar-refractivity contribution in [2.75, 3.05) is 13.2 Å². The van der Waals surface area contributed by atoms with Crippen LogP contribution in [0.25, 0.3) is 0 Å². The van der Waals surface area contributed by atoms with Crippen LogP contribution in [-0.4, -0.2) is 31.5 Å². The molecule has 4 heteroatoms. The third-order valence-electron chi connectivity index (χ3n) is 4.60. The number of rotatable bonds is 1. The van der Waals surface area contributed by atoms with Crippen LogP contribution >= 0.6 is 0 Å². The topological polar surface area (TPSA) is 27.7 Å². The van der Waals surface area contributed by atoms with Gasteiger partial charge in [-0.1, -0.05) is 0 Å². The predicted octanol–water partition coefficient (Wildman–Crippen LogP) is 1.72. The molecule has 3 aliphatic rings. The van der Waals surface area contributed by atoms with Crippen molar-refractivity contribution in [3.63, 3.8) is 0 Å². The van der Waals surface area contributed by atoms with Crippen LogP contribution in [0.4, 0.5) is 0 Å². The molecule has 3 atom stereocenters. The molecule has 0 amide bonds. The number of hydrogen-bond acceptors (Lipinski definition) is 3. The van der Waals surface area contributed by atoms with E-state index in [-0.39, 0.29) is 18.3 Å². The molecule has 2 heterocycles. The van der Waals surface area contributed by atoms with Gasteiger partial charge in [-0.15, -0.1) is 0 Å². The van der Waals surface area contributed by atoms with E-state index in [0.717, 1.165) is 13.2 Å². The van der Waals surface area contributed by atoms with Crippen LogP contribution in [0.5, 0.6) is 0 Å². The van der Waals surface area contributed by atoms with Crippen molar-refractivity contribution in [3.05, 3.63) is 0 Å². The molecule has 0 N–H and O–H groups in total. The molecule has 0 aromatic rings. The zero-order chi connectivity index (χ0) is 10.8. The second kappa shape index (κ2) is 2.79. The summed E-state index contributed by atoms with van der Waals surface area (Å²) in [7, 11) is -0.00565. The molecule has 2 saturated heterocycles. The SMILES string of the molecule is CC1(C)OB([C@@H]2[C@@H]3COC[C@@H]32)OC1(C)C. The van der Waals surface area contributed by atoms with Gasteiger partial charge in [0.1, 0.15) is 0 Å². The molecular weight excluding hydrogens is 191 g/mol. The van der Waals surface area contributed by atoms with Gasteiger partial charge in [0.2, 0.25) is 0 Å². The maximum Gasteiger partial charge on any atom is 0.461 e. The first-order chi connectivity index (χ1) is 6.92. The minimum atomic E-state index is -0.185. The first kappa shape index (κ1) is 10.1. The summed E-state index contributed by atoms with van der Waals surface area (Å²) in [5.41, 5.74) is -0.370. The highest BCUT2D eigenvalue weighted by molar-refractivity contribution is 6.49. The largest absolute Gasteiger partial charge is 0.461 e. The van der Waals surface area contributed by atoms with Crippen LogP contribution in [0, 0.1) is 11.8 Å². The first-order valence-corrected chi connectivity index (χ1v) is 5.86. The Balaban J connectivity index is 1.72. The lowest BCUT2D eigenvalue weighted by molar-refractivity contribution is 0.00578. The lowest BCUT2D eigenvalue weighted by Crippen LogP contribution is -2.41. The first-order valence-electron chi connectivity index (χ1n) is 5.86. The lowest BCUT2D eigenvalue weighted by atomic mass is 9.79. The molecular formula is C11H19BO3. The quantitative estimate of drug-likeness (QED) is 0.617. The monoisotopic (exact) mass is 210 g/mol. The molecule has 15 heavy (non-hydrogen) atoms. The van der Waals surface area contributed by atoms with Gasteiger partial charge in [0.25, 0.3) is 0 Å². The highest BCUT2D eigenvalue weighted by atomic mass is 16.7. The molecule has 0 aromatic heterocycles. The molecule has 3 nitrogen and oxygen atoms in total. The maximum absolute atomic E-state index is 6.05. The van der Waals surface area contributed by atoms with Gasteiger partial charge in [-0.05, 0) is 39.5 Å². The summed E-state index contributed by atoms with van der Waals surface area (Å²) in [6, 6.07) is 0. The van der Waals surface area contributed by atoms with Gasteiger partial charge in [0.15, 0.2) is 0 Å². The van der Waals surface area contributed by atoms with Gasteiger partial charge in [0.05, 0.1) is 11.2 Å². The zero-order valence-electron chi connectivity index (χ0n) is 9.95. The van der Waals surface area contributed by atoms with Crippen molar-refractivity contribution in [3.8, 4) is 0 Å². The molecule has 3 fully saturated rings. The Bertz CT molecular complexity index is 264. The third kappa shape index (κ3) is 1.31. The molecule has 0 unspecified atom stereocenters. The molecule has 84 valence electrons. The Kier molecular flexibility index (Phi) is 1.88. The van der Waals surface area contributed by atoms with Gasteiger partial charge < -0.3 is 14.0 Å². The van der Waals surface area contributed by atoms with Crippen molar-refractivity contribution < 1.29 is 14.0 Å². The molecule has 3 rings (SSSR count). The Hall–Kier alpha value is -0.0551. The molecule has 2 aliphatic heterocycles. The van der Waals surface area contributed by atoms with Crippen LogP contribution in [0.1, 0.15) is 27.7 Å². The average molecular weight is 210 g/mol. The van der Waals surface area contributed by atoms with E-state index in [9.17, 15) is 0 Å². The van der Waals surface area contributed by atoms with Crippen molar-refractivity contribution in [1.29, 1.82) is 0 Å². The zero-order valence-corrected chi connectivity index (χ0v) is 9.95. The molecule has 1 aliphatic carbocycles. The summed E-state index contributed by atoms with van der Waals surface area (Å²) in [5.74, 6) is 1.97. The minimum Gasteiger partial charge on any atom is -0.403 e. The van der Waals surface area contributed by atoms with Gasteiger partial charge in [-0.2, -0.15) is 0 Å². The summed E-state index contributed by atoms with van der Waals surface area (Å²) >= 11 is 0. The van der Waals surface area contributed by atoms with E-state index in [1.54, 1.807) is 0 Å². The highest BCUT2D eigenvalue weighted by Gasteiger charge is 2.66. The van der Waals surface area contributed by atoms with Crippen LogP contribution < -0.4 is 0 Å². The Labute approximate surface area is 91.6 Å². The number of fused-ring (bicyclic) bond motifs is 1. The van der Waals surface area contributed by atoms with E-state index >= 15 is 0 Å². The standard InChI is InChI=1S/C11H19BO3/c1-10(2)11(3,4)15-12(14-10)9-7-5-13-6-8(7)9/h7-9H,5-6H2,1-4H3/t7-,8+,9-. The molecule has 0 spiro atoms. The molecule has 0 bridgehead atoms. The molecule has 0 radical (unpaired) electrons. The normalized spacial score (nSPS) is 45.6. The van der Waals surface area contributed by atoms with Crippen LogP contribution in [0.3, 0.4) is 0 Å². The van der Waals surface area contributed by atoms with E-state index in [2.05, 4.69) is 27.7 Å². The summed E-state index contributed by atoms with van der Waals surface area (Å²) in [4.78, 5) is 0. The molecule has 0 aromatic carbocycles. The van der Waals surface area contributed by atoms with Gasteiger partial charge in [0, 0.05) is 19.0 Å². The fourth-order valence-corrected chi connectivity index (χ4v) is 2.73. The number of hydrogen-bond donors (Lipinski definition) is 0. The fourth-order valence-electron chi connectivity index (χ4n) is 2.73. The van der Waals surface area contributed by atoms with E-state index < -0.39 is 0 Å². The minimum absolute atomic E-state index is 0.00565. The van der Waals surface area contributed by atoms with Crippen LogP contribution in [0.2, 0.25) is 5.82 Å². The summed E-state index contributed by atoms with van der Waals surface area (Å²) in [6.07, 6.45) is 0. The molecule has 1 saturated carbocycles. The van der Waals surface area contributed by atoms with E-state index in [1.807, 2.05) is 0 Å². The third-order valence-corrected chi connectivity index (χ3v) is 4.60. The van der Waals surface area contributed by atoms with Crippen molar-refractivity contribution in [2.45, 2.75) is 44.7 Å². The smallest absolute Gasteiger partial charge is 0.403 e. The Morgan fingerprint density at radius 1 is 0.933 bits per heavy atom. The highest BCUT2D eigenvalue weighted by Crippen LogP contribution is 2.60. The van der Waals surface area contributed by atoms with E-state index in [4.69, 9.17) is 14.0 Å². The van der Waals surface area contributed by atoms with Crippen molar-refractivity contribution in [1.82, 2.24) is 0 Å². The number of ether oxygens (including phenoxy) is 1. The van der Waals surface area contributed by atoms with E-state index in [1.165, 1.54) is 0 Å². The van der Waals surface area contributed by atoms with Crippen LogP contribution in [0.15, 0.2) is 0 Å². The summed E-state index contributed by atoms with van der Waals surface area (Å²) < 4.78 is 17.5. The summed E-state index contributed by atoms with van der Waals surface area (Å²) in [6.45, 7) is 10.3. The van der Waals surface area contributed by atoms with Gasteiger partial charge in [-0.3, -0.25) is 0 Å². The lowest BCUT2D eigenvalue weighted by Gasteiger charge is -2.32. The van der Waals surface area contributed by atoms with Crippen molar-refractivity contribution >= 4 is 7.12 Å². The van der Waals surface area contributed by atoms with Crippen molar-refractivity contribution in [2.24, 2.45) is 11.8 Å². The second-order valence-electron chi connectivity index (χ2n) is 6.07. The van der Waals surface area contributed by atoms with Gasteiger partial charge in [-0.25, -0.2) is 0 Å². The predicted molar refractivity (Wildman–Crippen MR) is 57.6 cm³/mol. The second-order valence-corrected chi connectivity index (χ2v) is 6.07. The Morgan fingerprint density at radius 2 is 1.40 bits per heavy atom. The van der Waals surface area contributed by atoms with E-state index in [0.29, 0.717) is 17.7 Å².